The number of sulfone groups is 1. The molecule has 112 valence electrons. The van der Waals surface area contributed by atoms with Gasteiger partial charge in [-0.3, -0.25) is 4.79 Å². The number of aliphatic hydroxyl groups excluding tert-OH is 1. The van der Waals surface area contributed by atoms with E-state index in [1.54, 1.807) is 12.1 Å². The average Bonchev–Trinajstić information content (AvgIpc) is 2.38. The summed E-state index contributed by atoms with van der Waals surface area (Å²) in [6, 6.07) is 6.04. The molecule has 0 spiro atoms. The van der Waals surface area contributed by atoms with Crippen molar-refractivity contribution >= 4 is 15.7 Å². The minimum Gasteiger partial charge on any atom is -0.387 e. The highest BCUT2D eigenvalue weighted by Gasteiger charge is 2.11. The molecular weight excluding hydrogens is 280 g/mol. The zero-order chi connectivity index (χ0) is 15.2. The number of carbonyl (C=O) groups is 1. The summed E-state index contributed by atoms with van der Waals surface area (Å²) >= 11 is 0. The predicted octanol–water partition coefficient (Wildman–Crippen LogP) is -0.151. The molecule has 1 atom stereocenters. The molecule has 1 aromatic carbocycles. The predicted molar refractivity (Wildman–Crippen MR) is 76.1 cm³/mol. The van der Waals surface area contributed by atoms with Gasteiger partial charge < -0.3 is 15.7 Å². The number of nitrogens with one attached hydrogen (secondary N) is 2. The molecule has 1 amide bonds. The number of rotatable bonds is 7. The van der Waals surface area contributed by atoms with Crippen LogP contribution < -0.4 is 10.6 Å². The van der Waals surface area contributed by atoms with Crippen molar-refractivity contribution in [1.82, 2.24) is 10.6 Å². The number of carbonyl (C=O) groups excluding carboxylic acids is 1. The van der Waals surface area contributed by atoms with E-state index >= 15 is 0 Å². The van der Waals surface area contributed by atoms with Crippen molar-refractivity contribution in [2.24, 2.45) is 0 Å². The van der Waals surface area contributed by atoms with Crippen molar-refractivity contribution in [3.63, 3.8) is 0 Å². The van der Waals surface area contributed by atoms with E-state index in [-0.39, 0.29) is 23.9 Å². The quantitative estimate of drug-likeness (QED) is 0.651. The van der Waals surface area contributed by atoms with E-state index in [4.69, 9.17) is 0 Å². The van der Waals surface area contributed by atoms with Crippen LogP contribution in [0.1, 0.15) is 18.6 Å². The molecule has 20 heavy (non-hydrogen) atoms. The van der Waals surface area contributed by atoms with Gasteiger partial charge in [-0.15, -0.1) is 0 Å². The van der Waals surface area contributed by atoms with Crippen LogP contribution in [0.5, 0.6) is 0 Å². The summed E-state index contributed by atoms with van der Waals surface area (Å²) in [4.78, 5) is 11.4. The monoisotopic (exact) mass is 300 g/mol. The first-order valence-electron chi connectivity index (χ1n) is 6.30. The van der Waals surface area contributed by atoms with E-state index in [1.807, 2.05) is 6.92 Å². The van der Waals surface area contributed by atoms with Gasteiger partial charge in [-0.1, -0.05) is 12.1 Å². The Kier molecular flexibility index (Phi) is 6.12. The molecule has 0 bridgehead atoms. The Morgan fingerprint density at radius 3 is 2.40 bits per heavy atom. The van der Waals surface area contributed by atoms with Gasteiger partial charge in [0, 0.05) is 19.3 Å². The number of hydrogen-bond donors (Lipinski definition) is 3. The standard InChI is InChI=1S/C13H20N2O4S/c1-3-15-13(17)9-14-8-12(16)10-4-6-11(7-5-10)20(2,18)19/h4-7,12,14,16H,3,8-9H2,1-2H3,(H,15,17). The highest BCUT2D eigenvalue weighted by molar-refractivity contribution is 7.90. The summed E-state index contributed by atoms with van der Waals surface area (Å²) in [7, 11) is -3.23. The Bertz CT molecular complexity index is 540. The van der Waals surface area contributed by atoms with Gasteiger partial charge in [0.25, 0.3) is 0 Å². The van der Waals surface area contributed by atoms with Gasteiger partial charge >= 0.3 is 0 Å². The molecule has 0 fully saturated rings. The highest BCUT2D eigenvalue weighted by Crippen LogP contribution is 2.15. The van der Waals surface area contributed by atoms with Crippen LogP contribution in [-0.4, -0.2) is 45.3 Å². The van der Waals surface area contributed by atoms with Crippen LogP contribution in [0.25, 0.3) is 0 Å². The van der Waals surface area contributed by atoms with Crippen LogP contribution in [0, 0.1) is 0 Å². The Labute approximate surface area is 119 Å². The molecule has 0 aliphatic carbocycles. The molecule has 0 aliphatic rings. The van der Waals surface area contributed by atoms with Crippen LogP contribution in [0.2, 0.25) is 0 Å². The molecule has 7 heteroatoms. The van der Waals surface area contributed by atoms with E-state index in [2.05, 4.69) is 10.6 Å². The minimum atomic E-state index is -3.23. The van der Waals surface area contributed by atoms with Crippen molar-refractivity contribution in [2.45, 2.75) is 17.9 Å². The summed E-state index contributed by atoms with van der Waals surface area (Å²) in [6.45, 7) is 2.74. The normalized spacial score (nSPS) is 12.9. The fourth-order valence-corrected chi connectivity index (χ4v) is 2.27. The average molecular weight is 300 g/mol. The molecule has 0 saturated heterocycles. The van der Waals surface area contributed by atoms with Gasteiger partial charge in [-0.25, -0.2) is 8.42 Å². The first-order valence-corrected chi connectivity index (χ1v) is 8.19. The summed E-state index contributed by atoms with van der Waals surface area (Å²) in [5.74, 6) is -0.132. The number of likely N-dealkylation sites (N-methyl/N-ethyl adjacent to an activating group) is 1. The van der Waals surface area contributed by atoms with Crippen molar-refractivity contribution < 1.29 is 18.3 Å². The first-order chi connectivity index (χ1) is 9.34. The SMILES string of the molecule is CCNC(=O)CNCC(O)c1ccc(S(C)(=O)=O)cc1. The zero-order valence-corrected chi connectivity index (χ0v) is 12.4. The third kappa shape index (κ3) is 5.28. The maximum absolute atomic E-state index is 11.3. The number of aliphatic hydroxyl groups is 1. The third-order valence-corrected chi connectivity index (χ3v) is 3.82. The molecule has 6 nitrogen and oxygen atoms in total. The second-order valence-corrected chi connectivity index (χ2v) is 6.46. The number of benzene rings is 1. The number of amides is 1. The lowest BCUT2D eigenvalue weighted by Crippen LogP contribution is -2.35. The second-order valence-electron chi connectivity index (χ2n) is 4.44. The summed E-state index contributed by atoms with van der Waals surface area (Å²) < 4.78 is 22.6. The molecule has 1 rings (SSSR count). The van der Waals surface area contributed by atoms with E-state index < -0.39 is 15.9 Å². The summed E-state index contributed by atoms with van der Waals surface area (Å²) in [6.07, 6.45) is 0.338. The van der Waals surface area contributed by atoms with Gasteiger partial charge in [0.05, 0.1) is 17.5 Å². The van der Waals surface area contributed by atoms with Crippen molar-refractivity contribution in [3.05, 3.63) is 29.8 Å². The van der Waals surface area contributed by atoms with Gasteiger partial charge in [-0.2, -0.15) is 0 Å². The summed E-state index contributed by atoms with van der Waals surface area (Å²) in [5, 5.41) is 15.4. The Balaban J connectivity index is 2.52. The first kappa shape index (κ1) is 16.6. The maximum Gasteiger partial charge on any atom is 0.233 e. The minimum absolute atomic E-state index is 0.131. The van der Waals surface area contributed by atoms with Gasteiger partial charge in [0.15, 0.2) is 9.84 Å². The molecule has 1 unspecified atom stereocenters. The Morgan fingerprint density at radius 1 is 1.30 bits per heavy atom. The van der Waals surface area contributed by atoms with E-state index in [1.165, 1.54) is 12.1 Å². The fraction of sp³-hybridized carbons (Fsp3) is 0.462. The van der Waals surface area contributed by atoms with Crippen LogP contribution in [0.4, 0.5) is 0 Å². The van der Waals surface area contributed by atoms with E-state index in [9.17, 15) is 18.3 Å². The van der Waals surface area contributed by atoms with E-state index in [0.717, 1.165) is 6.26 Å². The molecule has 0 heterocycles. The van der Waals surface area contributed by atoms with Crippen LogP contribution in [0.3, 0.4) is 0 Å². The van der Waals surface area contributed by atoms with Gasteiger partial charge in [0.1, 0.15) is 0 Å². The third-order valence-electron chi connectivity index (χ3n) is 2.69. The molecule has 0 saturated carbocycles. The molecule has 1 aromatic rings. The summed E-state index contributed by atoms with van der Waals surface area (Å²) in [5.41, 5.74) is 0.598. The van der Waals surface area contributed by atoms with Crippen LogP contribution >= 0.6 is 0 Å². The fourth-order valence-electron chi connectivity index (χ4n) is 1.64. The lowest BCUT2D eigenvalue weighted by atomic mass is 10.1. The topological polar surface area (TPSA) is 95.5 Å². The van der Waals surface area contributed by atoms with Crippen molar-refractivity contribution in [1.29, 1.82) is 0 Å². The molecule has 0 radical (unpaired) electrons. The molecule has 0 aliphatic heterocycles. The lowest BCUT2D eigenvalue weighted by Gasteiger charge is -2.12. The maximum atomic E-state index is 11.3. The number of hydrogen-bond acceptors (Lipinski definition) is 5. The van der Waals surface area contributed by atoms with Crippen LogP contribution in [-0.2, 0) is 14.6 Å². The second kappa shape index (κ2) is 7.37. The molecule has 0 aromatic heterocycles. The van der Waals surface area contributed by atoms with Gasteiger partial charge in [0.2, 0.25) is 5.91 Å². The Morgan fingerprint density at radius 2 is 1.90 bits per heavy atom. The Hall–Kier alpha value is -1.44. The smallest absolute Gasteiger partial charge is 0.233 e. The van der Waals surface area contributed by atoms with Gasteiger partial charge in [-0.05, 0) is 24.6 Å². The van der Waals surface area contributed by atoms with Crippen molar-refractivity contribution in [3.8, 4) is 0 Å². The van der Waals surface area contributed by atoms with Crippen LogP contribution in [0.15, 0.2) is 29.2 Å². The zero-order valence-electron chi connectivity index (χ0n) is 11.6. The highest BCUT2D eigenvalue weighted by atomic mass is 32.2. The van der Waals surface area contributed by atoms with Crippen molar-refractivity contribution in [2.75, 3.05) is 25.9 Å². The molecule has 3 N–H and O–H groups in total. The molecular formula is C13H20N2O4S. The lowest BCUT2D eigenvalue weighted by molar-refractivity contribution is -0.120. The van der Waals surface area contributed by atoms with E-state index in [0.29, 0.717) is 12.1 Å². The largest absolute Gasteiger partial charge is 0.387 e.